The molecule has 0 spiro atoms. The zero-order valence-electron chi connectivity index (χ0n) is 21.4. The molecule has 0 aromatic carbocycles. The minimum atomic E-state index is -2.52. The van der Waals surface area contributed by atoms with Gasteiger partial charge in [-0.25, -0.2) is 0 Å². The number of unbranched alkanes of at least 4 members (excludes halogenated alkanes) is 2. The highest BCUT2D eigenvalue weighted by Gasteiger charge is 2.48. The first kappa shape index (κ1) is 30.4. The highest BCUT2D eigenvalue weighted by molar-refractivity contribution is 6.90. The van der Waals surface area contributed by atoms with E-state index in [4.69, 9.17) is 21.6 Å². The van der Waals surface area contributed by atoms with Crippen LogP contribution in [0.3, 0.4) is 0 Å². The smallest absolute Gasteiger partial charge is 0.317 e. The minimum Gasteiger partial charge on any atom is -0.481 e. The monoisotopic (exact) mass is 512 g/mol. The van der Waals surface area contributed by atoms with Gasteiger partial charge in [0.25, 0.3) is 0 Å². The Bertz CT molecular complexity index is 534. The van der Waals surface area contributed by atoms with Crippen LogP contribution in [0.2, 0.25) is 77.6 Å². The van der Waals surface area contributed by atoms with Crippen LogP contribution in [0.25, 0.3) is 0 Å². The Balaban J connectivity index is 5.60. The van der Waals surface area contributed by atoms with Crippen molar-refractivity contribution in [1.29, 1.82) is 0 Å². The molecule has 0 saturated heterocycles. The summed E-state index contributed by atoms with van der Waals surface area (Å²) in [7, 11) is -10.9. The predicted octanol–water partition coefficient (Wildman–Crippen LogP) is 6.62. The summed E-state index contributed by atoms with van der Waals surface area (Å²) in [6.45, 7) is 24.0. The zero-order valence-corrected chi connectivity index (χ0v) is 26.4. The van der Waals surface area contributed by atoms with Crippen molar-refractivity contribution in [2.24, 2.45) is 0 Å². The molecule has 0 bridgehead atoms. The second-order valence-corrected chi connectivity index (χ2v) is 31.1. The molecular weight excluding hydrogens is 465 g/mol. The Morgan fingerprint density at radius 3 is 1.57 bits per heavy atom. The molecule has 0 fully saturated rings. The predicted molar refractivity (Wildman–Crippen MR) is 138 cm³/mol. The van der Waals surface area contributed by atoms with E-state index in [1.54, 1.807) is 0 Å². The van der Waals surface area contributed by atoms with Crippen molar-refractivity contribution < 1.29 is 26.4 Å². The third-order valence-corrected chi connectivity index (χ3v) is 22.5. The van der Waals surface area contributed by atoms with E-state index < -0.39 is 48.3 Å². The van der Waals surface area contributed by atoms with Gasteiger partial charge < -0.3 is 21.6 Å². The summed E-state index contributed by atoms with van der Waals surface area (Å²) in [5.74, 6) is -0.743. The van der Waals surface area contributed by atoms with Gasteiger partial charge >= 0.3 is 31.7 Å². The number of carboxylic acid groups (broad SMARTS) is 1. The molecule has 6 nitrogen and oxygen atoms in total. The van der Waals surface area contributed by atoms with Gasteiger partial charge in [-0.3, -0.25) is 4.79 Å². The molecule has 1 N–H and O–H groups in total. The summed E-state index contributed by atoms with van der Waals surface area (Å²) in [5, 5.41) is 8.97. The lowest BCUT2D eigenvalue weighted by atomic mass is 10.2. The molecule has 0 radical (unpaired) electrons. The topological polar surface area (TPSA) is 74.2 Å². The Morgan fingerprint density at radius 1 is 0.667 bits per heavy atom. The van der Waals surface area contributed by atoms with Gasteiger partial charge in [-0.1, -0.05) is 26.2 Å². The van der Waals surface area contributed by atoms with E-state index >= 15 is 0 Å². The Labute approximate surface area is 191 Å². The number of carboxylic acids is 1. The first-order valence-electron chi connectivity index (χ1n) is 11.3. The molecular formula is C19H48O6Si5. The second-order valence-electron chi connectivity index (χ2n) is 11.0. The van der Waals surface area contributed by atoms with Crippen molar-refractivity contribution in [3.8, 4) is 0 Å². The number of rotatable bonds is 16. The third-order valence-electron chi connectivity index (χ3n) is 4.22. The van der Waals surface area contributed by atoms with Crippen LogP contribution in [0.4, 0.5) is 0 Å². The van der Waals surface area contributed by atoms with Gasteiger partial charge in [-0.05, 0) is 84.0 Å². The Morgan fingerprint density at radius 2 is 1.13 bits per heavy atom. The lowest BCUT2D eigenvalue weighted by molar-refractivity contribution is -0.137. The summed E-state index contributed by atoms with van der Waals surface area (Å²) in [4.78, 5) is 10.9. The maximum atomic E-state index is 10.9. The van der Waals surface area contributed by atoms with Gasteiger partial charge in [0.2, 0.25) is 0 Å². The van der Waals surface area contributed by atoms with E-state index in [2.05, 4.69) is 72.4 Å². The van der Waals surface area contributed by atoms with E-state index in [0.29, 0.717) is 6.42 Å². The normalized spacial score (nSPS) is 17.4. The standard InChI is InChI=1S/C19H48O6Si5/c1-12-13-17-30(11,24-28(8,9)22-26(2,3)4)25-29(10,23-27(5,6)7)18-15-14-16-19(20)21/h12-18H2,1-11H3,(H,20,21). The molecule has 2 atom stereocenters. The zero-order chi connectivity index (χ0) is 23.9. The van der Waals surface area contributed by atoms with Crippen molar-refractivity contribution >= 4 is 48.3 Å². The molecule has 0 heterocycles. The molecule has 180 valence electrons. The van der Waals surface area contributed by atoms with E-state index in [1.165, 1.54) is 0 Å². The largest absolute Gasteiger partial charge is 0.481 e. The second kappa shape index (κ2) is 12.0. The highest BCUT2D eigenvalue weighted by Crippen LogP contribution is 2.32. The fraction of sp³-hybridized carbons (Fsp3) is 0.947. The molecule has 30 heavy (non-hydrogen) atoms. The maximum Gasteiger partial charge on any atom is 0.317 e. The molecule has 0 rings (SSSR count). The minimum absolute atomic E-state index is 0.197. The van der Waals surface area contributed by atoms with Gasteiger partial charge in [-0.2, -0.15) is 0 Å². The lowest BCUT2D eigenvalue weighted by Crippen LogP contribution is -2.60. The summed E-state index contributed by atoms with van der Waals surface area (Å²) < 4.78 is 26.9. The summed E-state index contributed by atoms with van der Waals surface area (Å²) in [6, 6.07) is 1.74. The highest BCUT2D eigenvalue weighted by atomic mass is 28.5. The van der Waals surface area contributed by atoms with Crippen LogP contribution in [0.1, 0.15) is 39.0 Å². The van der Waals surface area contributed by atoms with E-state index in [-0.39, 0.29) is 6.42 Å². The van der Waals surface area contributed by atoms with Gasteiger partial charge in [0.1, 0.15) is 0 Å². The van der Waals surface area contributed by atoms with Crippen LogP contribution in [0.15, 0.2) is 0 Å². The van der Waals surface area contributed by atoms with Gasteiger partial charge in [0.15, 0.2) is 16.6 Å². The summed E-state index contributed by atoms with van der Waals surface area (Å²) in [6.07, 6.45) is 3.82. The molecule has 2 unspecified atom stereocenters. The summed E-state index contributed by atoms with van der Waals surface area (Å²) >= 11 is 0. The van der Waals surface area contributed by atoms with Crippen molar-refractivity contribution in [2.45, 2.75) is 117 Å². The molecule has 0 aliphatic heterocycles. The number of carbonyl (C=O) groups is 1. The van der Waals surface area contributed by atoms with E-state index in [9.17, 15) is 4.79 Å². The average molecular weight is 513 g/mol. The Kier molecular flexibility index (Phi) is 12.2. The fourth-order valence-corrected chi connectivity index (χ4v) is 27.9. The Hall–Kier alpha value is 0.394. The number of hydrogen-bond donors (Lipinski definition) is 1. The van der Waals surface area contributed by atoms with Crippen LogP contribution in [-0.2, 0) is 21.3 Å². The average Bonchev–Trinajstić information content (AvgIpc) is 2.44. The SMILES string of the molecule is CCCC[Si](C)(O[Si](C)(C)O[Si](C)(C)C)O[Si](C)(CCCCC(=O)O)O[Si](C)(C)C. The maximum absolute atomic E-state index is 10.9. The molecule has 0 aliphatic carbocycles. The first-order chi connectivity index (χ1) is 13.3. The van der Waals surface area contributed by atoms with Crippen molar-refractivity contribution in [3.63, 3.8) is 0 Å². The molecule has 0 aromatic heterocycles. The van der Waals surface area contributed by atoms with Crippen LogP contribution in [-0.4, -0.2) is 53.4 Å². The summed E-state index contributed by atoms with van der Waals surface area (Å²) in [5.41, 5.74) is 0. The quantitative estimate of drug-likeness (QED) is 0.185. The van der Waals surface area contributed by atoms with Crippen LogP contribution in [0, 0.1) is 0 Å². The van der Waals surface area contributed by atoms with Crippen LogP contribution < -0.4 is 0 Å². The van der Waals surface area contributed by atoms with Crippen LogP contribution >= 0.6 is 0 Å². The van der Waals surface area contributed by atoms with E-state index in [0.717, 1.165) is 31.4 Å². The van der Waals surface area contributed by atoms with Crippen molar-refractivity contribution in [1.82, 2.24) is 0 Å². The van der Waals surface area contributed by atoms with Gasteiger partial charge in [-0.15, -0.1) is 0 Å². The molecule has 0 aromatic rings. The third kappa shape index (κ3) is 15.2. The fourth-order valence-electron chi connectivity index (χ4n) is 3.85. The first-order valence-corrected chi connectivity index (χ1v) is 26.0. The van der Waals surface area contributed by atoms with Crippen molar-refractivity contribution in [2.75, 3.05) is 0 Å². The number of aliphatic carboxylic acids is 1. The molecule has 0 saturated carbocycles. The molecule has 0 amide bonds. The van der Waals surface area contributed by atoms with E-state index in [1.807, 2.05) is 0 Å². The number of hydrogen-bond acceptors (Lipinski definition) is 5. The van der Waals surface area contributed by atoms with Crippen molar-refractivity contribution in [3.05, 3.63) is 0 Å². The molecule has 0 aliphatic rings. The molecule has 11 heteroatoms. The van der Waals surface area contributed by atoms with Crippen LogP contribution in [0.5, 0.6) is 0 Å². The lowest BCUT2D eigenvalue weighted by Gasteiger charge is -2.44. The van der Waals surface area contributed by atoms with Gasteiger partial charge in [0, 0.05) is 6.42 Å². The van der Waals surface area contributed by atoms with Gasteiger partial charge in [0.05, 0.1) is 0 Å².